The lowest BCUT2D eigenvalue weighted by Crippen LogP contribution is -2.34. The predicted molar refractivity (Wildman–Crippen MR) is 80.1 cm³/mol. The summed E-state index contributed by atoms with van der Waals surface area (Å²) in [7, 11) is -2.87. The van der Waals surface area contributed by atoms with E-state index in [9.17, 15) is 17.2 Å². The van der Waals surface area contributed by atoms with Crippen molar-refractivity contribution in [1.82, 2.24) is 4.31 Å². The molecule has 1 heterocycles. The van der Waals surface area contributed by atoms with E-state index >= 15 is 0 Å². The molecule has 0 bridgehead atoms. The van der Waals surface area contributed by atoms with Crippen molar-refractivity contribution in [1.29, 1.82) is 0 Å². The number of thiophene rings is 1. The van der Waals surface area contributed by atoms with Crippen molar-refractivity contribution in [2.45, 2.75) is 11.4 Å². The predicted octanol–water partition coefficient (Wildman–Crippen LogP) is 2.86. The minimum absolute atomic E-state index is 0.00243. The van der Waals surface area contributed by atoms with Gasteiger partial charge in [-0.25, -0.2) is 17.2 Å². The van der Waals surface area contributed by atoms with E-state index < -0.39 is 26.6 Å². The van der Waals surface area contributed by atoms with Crippen LogP contribution in [0.2, 0.25) is 0 Å². The van der Waals surface area contributed by atoms with Gasteiger partial charge >= 0.3 is 0 Å². The third-order valence-electron chi connectivity index (χ3n) is 3.00. The third-order valence-corrected chi connectivity index (χ3v) is 5.63. The van der Waals surface area contributed by atoms with Crippen molar-refractivity contribution in [2.75, 3.05) is 20.3 Å². The normalized spacial score (nSPS) is 12.0. The molecule has 4 nitrogen and oxygen atoms in total. The lowest BCUT2D eigenvalue weighted by atomic mass is 10.3. The molecule has 0 atom stereocenters. The van der Waals surface area contributed by atoms with Crippen LogP contribution in [0.1, 0.15) is 5.56 Å². The standard InChI is InChI=1S/C14H15F2NO3S2/c1-20-7-6-17(9-11-5-8-21-10-11)22(18,19)14-12(15)3-2-4-13(14)16/h2-5,8,10H,6-7,9H2,1H3. The third kappa shape index (κ3) is 3.70. The molecule has 0 amide bonds. The first-order chi connectivity index (χ1) is 10.5. The maximum absolute atomic E-state index is 13.8. The molecular weight excluding hydrogens is 332 g/mol. The van der Waals surface area contributed by atoms with E-state index in [4.69, 9.17) is 4.74 Å². The summed E-state index contributed by atoms with van der Waals surface area (Å²) in [4.78, 5) is -0.929. The second kappa shape index (κ2) is 7.28. The lowest BCUT2D eigenvalue weighted by molar-refractivity contribution is 0.177. The Morgan fingerprint density at radius 2 is 1.91 bits per heavy atom. The molecule has 0 saturated heterocycles. The van der Waals surface area contributed by atoms with Gasteiger partial charge in [0.05, 0.1) is 6.61 Å². The number of sulfonamides is 1. The molecule has 8 heteroatoms. The summed E-state index contributed by atoms with van der Waals surface area (Å²) in [5, 5.41) is 3.59. The average molecular weight is 347 g/mol. The molecule has 0 unspecified atom stereocenters. The maximum Gasteiger partial charge on any atom is 0.249 e. The van der Waals surface area contributed by atoms with E-state index in [0.717, 1.165) is 28.1 Å². The van der Waals surface area contributed by atoms with Crippen molar-refractivity contribution >= 4 is 21.4 Å². The van der Waals surface area contributed by atoms with Gasteiger partial charge in [-0.15, -0.1) is 0 Å². The summed E-state index contributed by atoms with van der Waals surface area (Å²) in [6.07, 6.45) is 0. The van der Waals surface area contributed by atoms with Gasteiger partial charge in [0.25, 0.3) is 0 Å². The zero-order chi connectivity index (χ0) is 16.2. The minimum atomic E-state index is -4.30. The summed E-state index contributed by atoms with van der Waals surface area (Å²) in [5.74, 6) is -2.21. The number of nitrogens with zero attached hydrogens (tertiary/aromatic N) is 1. The fourth-order valence-electron chi connectivity index (χ4n) is 1.92. The number of rotatable bonds is 7. The first kappa shape index (κ1) is 17.0. The molecule has 1 aromatic heterocycles. The second-order valence-electron chi connectivity index (χ2n) is 4.51. The number of methoxy groups -OCH3 is 1. The van der Waals surface area contributed by atoms with Crippen molar-refractivity contribution in [3.05, 3.63) is 52.2 Å². The van der Waals surface area contributed by atoms with Gasteiger partial charge in [0.1, 0.15) is 11.6 Å². The Balaban J connectivity index is 2.40. The van der Waals surface area contributed by atoms with Crippen molar-refractivity contribution < 1.29 is 21.9 Å². The van der Waals surface area contributed by atoms with Gasteiger partial charge in [-0.3, -0.25) is 0 Å². The molecule has 0 aliphatic carbocycles. The first-order valence-corrected chi connectivity index (χ1v) is 8.79. The largest absolute Gasteiger partial charge is 0.383 e. The van der Waals surface area contributed by atoms with Gasteiger partial charge in [-0.1, -0.05) is 6.07 Å². The van der Waals surface area contributed by atoms with E-state index in [0.29, 0.717) is 0 Å². The fraction of sp³-hybridized carbons (Fsp3) is 0.286. The number of hydrogen-bond acceptors (Lipinski definition) is 4. The summed E-state index contributed by atoms with van der Waals surface area (Å²) in [6, 6.07) is 4.74. The lowest BCUT2D eigenvalue weighted by Gasteiger charge is -2.22. The number of halogens is 2. The molecule has 0 radical (unpaired) electrons. The second-order valence-corrected chi connectivity index (χ2v) is 7.17. The zero-order valence-electron chi connectivity index (χ0n) is 11.8. The van der Waals surface area contributed by atoms with E-state index in [1.54, 1.807) is 16.8 Å². The molecule has 2 aromatic rings. The Morgan fingerprint density at radius 3 is 2.45 bits per heavy atom. The Morgan fingerprint density at radius 1 is 1.23 bits per heavy atom. The van der Waals surface area contributed by atoms with Gasteiger partial charge in [-0.2, -0.15) is 15.6 Å². The van der Waals surface area contributed by atoms with E-state index in [1.807, 2.05) is 0 Å². The summed E-state index contributed by atoms with van der Waals surface area (Å²) < 4.78 is 58.8. The fourth-order valence-corrected chi connectivity index (χ4v) is 4.10. The van der Waals surface area contributed by atoms with E-state index in [-0.39, 0.29) is 19.7 Å². The summed E-state index contributed by atoms with van der Waals surface area (Å²) in [6.45, 7) is 0.158. The van der Waals surface area contributed by atoms with Gasteiger partial charge < -0.3 is 4.74 Å². The Bertz CT molecular complexity index is 697. The molecule has 0 N–H and O–H groups in total. The Labute approximate surface area is 132 Å². The highest BCUT2D eigenvalue weighted by molar-refractivity contribution is 7.89. The van der Waals surface area contributed by atoms with Crippen LogP contribution < -0.4 is 0 Å². The van der Waals surface area contributed by atoms with Crippen LogP contribution >= 0.6 is 11.3 Å². The van der Waals surface area contributed by atoms with Crippen molar-refractivity contribution in [3.63, 3.8) is 0 Å². The molecule has 0 saturated carbocycles. The van der Waals surface area contributed by atoms with Crippen LogP contribution in [0.15, 0.2) is 39.9 Å². The Kier molecular flexibility index (Phi) is 5.63. The van der Waals surface area contributed by atoms with E-state index in [2.05, 4.69) is 0 Å². The number of benzene rings is 1. The van der Waals surface area contributed by atoms with Gasteiger partial charge in [0.2, 0.25) is 10.0 Å². The van der Waals surface area contributed by atoms with Crippen LogP contribution in [-0.2, 0) is 21.3 Å². The van der Waals surface area contributed by atoms with E-state index in [1.165, 1.54) is 18.4 Å². The molecule has 1 aromatic carbocycles. The highest BCUT2D eigenvalue weighted by Crippen LogP contribution is 2.24. The van der Waals surface area contributed by atoms with Gasteiger partial charge in [0, 0.05) is 20.2 Å². The zero-order valence-corrected chi connectivity index (χ0v) is 13.5. The number of hydrogen-bond donors (Lipinski definition) is 0. The van der Waals surface area contributed by atoms with Crippen LogP contribution in [0.5, 0.6) is 0 Å². The van der Waals surface area contributed by atoms with Crippen LogP contribution in [0.3, 0.4) is 0 Å². The Hall–Kier alpha value is -1.35. The highest BCUT2D eigenvalue weighted by Gasteiger charge is 2.30. The maximum atomic E-state index is 13.8. The molecule has 0 fully saturated rings. The van der Waals surface area contributed by atoms with Crippen molar-refractivity contribution in [2.24, 2.45) is 0 Å². The quantitative estimate of drug-likeness (QED) is 0.774. The van der Waals surface area contributed by atoms with Crippen molar-refractivity contribution in [3.8, 4) is 0 Å². The molecule has 0 aliphatic rings. The molecule has 2 rings (SSSR count). The average Bonchev–Trinajstić information content (AvgIpc) is 2.95. The number of ether oxygens (including phenoxy) is 1. The highest BCUT2D eigenvalue weighted by atomic mass is 32.2. The van der Waals surface area contributed by atoms with Crippen LogP contribution in [0, 0.1) is 11.6 Å². The van der Waals surface area contributed by atoms with Crippen LogP contribution in [0.25, 0.3) is 0 Å². The van der Waals surface area contributed by atoms with Crippen LogP contribution in [0.4, 0.5) is 8.78 Å². The molecule has 120 valence electrons. The van der Waals surface area contributed by atoms with Crippen LogP contribution in [-0.4, -0.2) is 33.0 Å². The summed E-state index contributed by atoms with van der Waals surface area (Å²) >= 11 is 1.42. The monoisotopic (exact) mass is 347 g/mol. The molecular formula is C14H15F2NO3S2. The SMILES string of the molecule is COCCN(Cc1ccsc1)S(=O)(=O)c1c(F)cccc1F. The summed E-state index contributed by atoms with van der Waals surface area (Å²) in [5.41, 5.74) is 0.751. The molecule has 0 spiro atoms. The minimum Gasteiger partial charge on any atom is -0.383 e. The van der Waals surface area contributed by atoms with Gasteiger partial charge in [0.15, 0.2) is 4.90 Å². The smallest absolute Gasteiger partial charge is 0.249 e. The van der Waals surface area contributed by atoms with Gasteiger partial charge in [-0.05, 0) is 34.5 Å². The molecule has 22 heavy (non-hydrogen) atoms. The first-order valence-electron chi connectivity index (χ1n) is 6.41. The molecule has 0 aliphatic heterocycles. The topological polar surface area (TPSA) is 46.6 Å².